The Hall–Kier alpha value is -2.53. The van der Waals surface area contributed by atoms with E-state index in [9.17, 15) is 9.90 Å². The summed E-state index contributed by atoms with van der Waals surface area (Å²) in [5, 5.41) is 10.0. The molecule has 6 rings (SSSR count). The third-order valence-corrected chi connectivity index (χ3v) is 11.2. The molecule has 0 saturated heterocycles. The first-order chi connectivity index (χ1) is 20.0. The molecule has 2 aromatic carbocycles. The summed E-state index contributed by atoms with van der Waals surface area (Å²) in [5.41, 5.74) is 1.47. The highest BCUT2D eigenvalue weighted by molar-refractivity contribution is 5.77. The Morgan fingerprint density at radius 3 is 2.05 bits per heavy atom. The van der Waals surface area contributed by atoms with Gasteiger partial charge in [-0.1, -0.05) is 38.1 Å². The SMILES string of the molecule is CCOC(C)Oc1ccc(C(C)CC(CC(C)(CC)C(=O)OC2(C)C3CC4CC(C3)CC2C4)c2ccc(O)cc2)cc1. The highest BCUT2D eigenvalue weighted by atomic mass is 16.7. The average molecular weight is 577 g/mol. The van der Waals surface area contributed by atoms with E-state index >= 15 is 0 Å². The lowest BCUT2D eigenvalue weighted by atomic mass is 9.50. The van der Waals surface area contributed by atoms with Gasteiger partial charge < -0.3 is 19.3 Å². The van der Waals surface area contributed by atoms with Crippen molar-refractivity contribution in [3.8, 4) is 11.5 Å². The largest absolute Gasteiger partial charge is 0.508 e. The lowest BCUT2D eigenvalue weighted by Crippen LogP contribution is -2.59. The zero-order valence-electron chi connectivity index (χ0n) is 26.6. The summed E-state index contributed by atoms with van der Waals surface area (Å²) < 4.78 is 18.1. The molecule has 4 aliphatic rings. The third kappa shape index (κ3) is 6.51. The van der Waals surface area contributed by atoms with Gasteiger partial charge in [-0.05, 0) is 150 Å². The van der Waals surface area contributed by atoms with Gasteiger partial charge in [0.25, 0.3) is 0 Å². The number of hydrogen-bond acceptors (Lipinski definition) is 5. The molecule has 4 aliphatic carbocycles. The number of esters is 1. The van der Waals surface area contributed by atoms with Crippen molar-refractivity contribution >= 4 is 5.97 Å². The highest BCUT2D eigenvalue weighted by Gasteiger charge is 2.58. The van der Waals surface area contributed by atoms with E-state index < -0.39 is 5.41 Å². The summed E-state index contributed by atoms with van der Waals surface area (Å²) >= 11 is 0. The van der Waals surface area contributed by atoms with Crippen molar-refractivity contribution in [3.63, 3.8) is 0 Å². The van der Waals surface area contributed by atoms with Crippen LogP contribution in [0.2, 0.25) is 0 Å². The van der Waals surface area contributed by atoms with Gasteiger partial charge in [-0.3, -0.25) is 4.79 Å². The van der Waals surface area contributed by atoms with Crippen molar-refractivity contribution < 1.29 is 24.1 Å². The predicted molar refractivity (Wildman–Crippen MR) is 167 cm³/mol. The Morgan fingerprint density at radius 2 is 1.50 bits per heavy atom. The molecule has 0 radical (unpaired) electrons. The summed E-state index contributed by atoms with van der Waals surface area (Å²) in [6, 6.07) is 15.8. The second kappa shape index (κ2) is 12.6. The van der Waals surface area contributed by atoms with Crippen LogP contribution in [0, 0.1) is 29.1 Å². The Kier molecular flexibility index (Phi) is 9.27. The van der Waals surface area contributed by atoms with Crippen molar-refractivity contribution in [2.75, 3.05) is 6.61 Å². The number of phenolic OH excluding ortho intramolecular Hbond substituents is 1. The van der Waals surface area contributed by atoms with Crippen LogP contribution in [0.5, 0.6) is 11.5 Å². The van der Waals surface area contributed by atoms with E-state index in [0.717, 1.165) is 36.0 Å². The van der Waals surface area contributed by atoms with Crippen molar-refractivity contribution in [1.29, 1.82) is 0 Å². The monoisotopic (exact) mass is 576 g/mol. The number of hydrogen-bond donors (Lipinski definition) is 1. The van der Waals surface area contributed by atoms with E-state index in [1.807, 2.05) is 38.1 Å². The van der Waals surface area contributed by atoms with Crippen molar-refractivity contribution in [2.24, 2.45) is 29.1 Å². The second-order valence-electron chi connectivity index (χ2n) is 14.1. The molecular weight excluding hydrogens is 524 g/mol. The molecule has 1 N–H and O–H groups in total. The minimum Gasteiger partial charge on any atom is -0.508 e. The summed E-state index contributed by atoms with van der Waals surface area (Å²) in [5.74, 6) is 4.12. The fourth-order valence-electron chi connectivity index (χ4n) is 8.51. The number of rotatable bonds is 13. The summed E-state index contributed by atoms with van der Waals surface area (Å²) in [6.45, 7) is 13.2. The van der Waals surface area contributed by atoms with Gasteiger partial charge in [-0.25, -0.2) is 0 Å². The number of aromatic hydroxyl groups is 1. The van der Waals surface area contributed by atoms with E-state index in [1.54, 1.807) is 12.1 Å². The predicted octanol–water partition coefficient (Wildman–Crippen LogP) is 9.00. The molecule has 0 heterocycles. The van der Waals surface area contributed by atoms with E-state index in [2.05, 4.69) is 39.8 Å². The first-order valence-electron chi connectivity index (χ1n) is 16.4. The number of carbonyl (C=O) groups excluding carboxylic acids is 1. The van der Waals surface area contributed by atoms with Crippen LogP contribution in [0.25, 0.3) is 0 Å². The minimum atomic E-state index is -0.590. The summed E-state index contributed by atoms with van der Waals surface area (Å²) in [6.07, 6.45) is 8.32. The normalized spacial score (nSPS) is 29.9. The van der Waals surface area contributed by atoms with Gasteiger partial charge in [0, 0.05) is 6.61 Å². The molecule has 5 nitrogen and oxygen atoms in total. The van der Waals surface area contributed by atoms with E-state index in [0.29, 0.717) is 24.9 Å². The molecule has 2 aromatic rings. The third-order valence-electron chi connectivity index (χ3n) is 11.2. The molecule has 4 bridgehead atoms. The molecule has 42 heavy (non-hydrogen) atoms. The first-order valence-corrected chi connectivity index (χ1v) is 16.4. The second-order valence-corrected chi connectivity index (χ2v) is 14.1. The van der Waals surface area contributed by atoms with Gasteiger partial charge in [-0.2, -0.15) is 0 Å². The van der Waals surface area contributed by atoms with Gasteiger partial charge >= 0.3 is 5.97 Å². The Bertz CT molecular complexity index is 1160. The molecule has 0 spiro atoms. The maximum Gasteiger partial charge on any atom is 0.312 e. The van der Waals surface area contributed by atoms with Crippen molar-refractivity contribution in [1.82, 2.24) is 0 Å². The van der Waals surface area contributed by atoms with Crippen molar-refractivity contribution in [3.05, 3.63) is 59.7 Å². The van der Waals surface area contributed by atoms with Crippen LogP contribution in [-0.4, -0.2) is 29.6 Å². The van der Waals surface area contributed by atoms with Crippen LogP contribution in [0.3, 0.4) is 0 Å². The van der Waals surface area contributed by atoms with Crippen LogP contribution in [0.1, 0.15) is 116 Å². The molecular formula is C37H52O5. The number of phenols is 1. The topological polar surface area (TPSA) is 65.0 Å². The van der Waals surface area contributed by atoms with Crippen LogP contribution >= 0.6 is 0 Å². The zero-order valence-corrected chi connectivity index (χ0v) is 26.6. The van der Waals surface area contributed by atoms with Crippen LogP contribution in [0.4, 0.5) is 0 Å². The fraction of sp³-hybridized carbons (Fsp3) is 0.649. The molecule has 0 amide bonds. The van der Waals surface area contributed by atoms with Gasteiger partial charge in [0.05, 0.1) is 5.41 Å². The number of ether oxygens (including phenoxy) is 3. The Balaban J connectivity index is 1.32. The molecule has 5 heteroatoms. The van der Waals surface area contributed by atoms with Crippen molar-refractivity contribution in [2.45, 2.75) is 117 Å². The van der Waals surface area contributed by atoms with Gasteiger partial charge in [0.2, 0.25) is 0 Å². The zero-order chi connectivity index (χ0) is 30.1. The summed E-state index contributed by atoms with van der Waals surface area (Å²) in [7, 11) is 0. The average Bonchev–Trinajstić information content (AvgIpc) is 2.96. The first kappa shape index (κ1) is 30.9. The van der Waals surface area contributed by atoms with Gasteiger partial charge in [0.15, 0.2) is 6.29 Å². The molecule has 0 aliphatic heterocycles. The van der Waals surface area contributed by atoms with Crippen LogP contribution in [-0.2, 0) is 14.3 Å². The standard InChI is InChI=1S/C37H52O5/c1-7-36(5,35(39)42-37(6)31-19-26-18-27(21-31)22-32(37)20-26)23-30(29-9-13-33(38)14-10-29)17-24(3)28-11-15-34(16-12-28)41-25(4)40-8-2/h9-16,24-27,30-32,38H,7-8,17-23H2,1-6H3. The summed E-state index contributed by atoms with van der Waals surface area (Å²) in [4.78, 5) is 14.2. The maximum absolute atomic E-state index is 14.2. The highest BCUT2D eigenvalue weighted by Crippen LogP contribution is 2.60. The molecule has 4 atom stereocenters. The van der Waals surface area contributed by atoms with Crippen LogP contribution in [0.15, 0.2) is 48.5 Å². The minimum absolute atomic E-state index is 0.0266. The van der Waals surface area contributed by atoms with Gasteiger partial charge in [-0.15, -0.1) is 0 Å². The maximum atomic E-state index is 14.2. The number of carbonyl (C=O) groups is 1. The fourth-order valence-corrected chi connectivity index (χ4v) is 8.51. The van der Waals surface area contributed by atoms with E-state index in [4.69, 9.17) is 14.2 Å². The lowest BCUT2D eigenvalue weighted by molar-refractivity contribution is -0.212. The lowest BCUT2D eigenvalue weighted by Gasteiger charge is -2.59. The van der Waals surface area contributed by atoms with E-state index in [-0.39, 0.29) is 35.4 Å². The molecule has 4 fully saturated rings. The molecule has 230 valence electrons. The van der Waals surface area contributed by atoms with E-state index in [1.165, 1.54) is 37.7 Å². The molecule has 0 aromatic heterocycles. The molecule has 4 saturated carbocycles. The Morgan fingerprint density at radius 1 is 0.929 bits per heavy atom. The van der Waals surface area contributed by atoms with Crippen LogP contribution < -0.4 is 4.74 Å². The Labute approximate surface area is 253 Å². The quantitative estimate of drug-likeness (QED) is 0.190. The smallest absolute Gasteiger partial charge is 0.312 e. The number of benzene rings is 2. The molecule has 4 unspecified atom stereocenters. The van der Waals surface area contributed by atoms with Gasteiger partial charge in [0.1, 0.15) is 17.1 Å².